The predicted molar refractivity (Wildman–Crippen MR) is 56.5 cm³/mol. The second-order valence-corrected chi connectivity index (χ2v) is 3.26. The normalized spacial score (nSPS) is 10.6. The van der Waals surface area contributed by atoms with E-state index >= 15 is 0 Å². The van der Waals surface area contributed by atoms with E-state index in [-0.39, 0.29) is 10.8 Å². The van der Waals surface area contributed by atoms with Crippen LogP contribution in [0.2, 0.25) is 5.02 Å². The van der Waals surface area contributed by atoms with Gasteiger partial charge in [0.05, 0.1) is 11.2 Å². The van der Waals surface area contributed by atoms with Gasteiger partial charge in [0.1, 0.15) is 5.82 Å². The van der Waals surface area contributed by atoms with Crippen LogP contribution in [0, 0.1) is 12.7 Å². The van der Waals surface area contributed by atoms with Gasteiger partial charge >= 0.3 is 6.03 Å². The first-order valence-corrected chi connectivity index (χ1v) is 4.42. The summed E-state index contributed by atoms with van der Waals surface area (Å²) < 4.78 is 13.0. The summed E-state index contributed by atoms with van der Waals surface area (Å²) in [6.45, 7) is 1.60. The number of urea groups is 1. The van der Waals surface area contributed by atoms with Gasteiger partial charge in [0.2, 0.25) is 0 Å². The maximum Gasteiger partial charge on any atom is 0.332 e. The number of nitrogens with one attached hydrogen (secondary N) is 1. The molecular formula is C9H9ClFN3O. The van der Waals surface area contributed by atoms with Gasteiger partial charge < -0.3 is 5.73 Å². The molecule has 80 valence electrons. The second-order valence-electron chi connectivity index (χ2n) is 2.86. The molecule has 0 spiro atoms. The van der Waals surface area contributed by atoms with Crippen molar-refractivity contribution in [3.63, 3.8) is 0 Å². The van der Waals surface area contributed by atoms with Crippen LogP contribution in [0.4, 0.5) is 9.18 Å². The smallest absolute Gasteiger partial charge is 0.332 e. The zero-order valence-corrected chi connectivity index (χ0v) is 8.68. The van der Waals surface area contributed by atoms with E-state index in [1.165, 1.54) is 18.3 Å². The summed E-state index contributed by atoms with van der Waals surface area (Å²) in [4.78, 5) is 10.3. The lowest BCUT2D eigenvalue weighted by molar-refractivity contribution is 0.249. The summed E-state index contributed by atoms with van der Waals surface area (Å²) in [5.74, 6) is -0.389. The Bertz CT molecular complexity index is 420. The van der Waals surface area contributed by atoms with E-state index in [0.717, 1.165) is 0 Å². The third-order valence-electron chi connectivity index (χ3n) is 1.66. The van der Waals surface area contributed by atoms with Crippen LogP contribution in [0.15, 0.2) is 17.2 Å². The highest BCUT2D eigenvalue weighted by Gasteiger charge is 2.03. The fourth-order valence-electron chi connectivity index (χ4n) is 0.944. The van der Waals surface area contributed by atoms with Gasteiger partial charge in [-0.3, -0.25) is 0 Å². The molecule has 4 nitrogen and oxygen atoms in total. The molecule has 0 fully saturated rings. The number of benzene rings is 1. The number of hydrogen-bond donors (Lipinski definition) is 2. The molecule has 1 rings (SSSR count). The van der Waals surface area contributed by atoms with E-state index in [2.05, 4.69) is 5.10 Å². The molecule has 0 saturated carbocycles. The van der Waals surface area contributed by atoms with Gasteiger partial charge in [-0.25, -0.2) is 14.6 Å². The lowest BCUT2D eigenvalue weighted by Crippen LogP contribution is -2.24. The maximum absolute atomic E-state index is 13.0. The molecule has 0 aromatic heterocycles. The summed E-state index contributed by atoms with van der Waals surface area (Å²) in [6, 6.07) is 1.92. The van der Waals surface area contributed by atoms with Crippen LogP contribution in [0.3, 0.4) is 0 Å². The average Bonchev–Trinajstić information content (AvgIpc) is 2.13. The SMILES string of the molecule is Cc1cc(C=NNC(N)=O)c(Cl)cc1F. The first kappa shape index (κ1) is 11.5. The Morgan fingerprint density at radius 3 is 2.93 bits per heavy atom. The fourth-order valence-corrected chi connectivity index (χ4v) is 1.14. The lowest BCUT2D eigenvalue weighted by Gasteiger charge is -2.01. The Morgan fingerprint density at radius 1 is 1.67 bits per heavy atom. The van der Waals surface area contributed by atoms with E-state index < -0.39 is 6.03 Å². The van der Waals surface area contributed by atoms with Gasteiger partial charge in [0, 0.05) is 5.56 Å². The second kappa shape index (κ2) is 4.75. The van der Waals surface area contributed by atoms with Gasteiger partial charge in [-0.05, 0) is 24.6 Å². The summed E-state index contributed by atoms with van der Waals surface area (Å²) in [5, 5.41) is 3.73. The molecule has 3 N–H and O–H groups in total. The minimum Gasteiger partial charge on any atom is -0.350 e. The van der Waals surface area contributed by atoms with Crippen molar-refractivity contribution in [3.8, 4) is 0 Å². The molecule has 0 aliphatic heterocycles. The van der Waals surface area contributed by atoms with E-state index in [0.29, 0.717) is 11.1 Å². The van der Waals surface area contributed by atoms with Gasteiger partial charge in [-0.2, -0.15) is 5.10 Å². The number of aryl methyl sites for hydroxylation is 1. The highest BCUT2D eigenvalue weighted by atomic mass is 35.5. The van der Waals surface area contributed by atoms with Gasteiger partial charge in [-0.1, -0.05) is 11.6 Å². The van der Waals surface area contributed by atoms with Gasteiger partial charge in [0.25, 0.3) is 0 Å². The van der Waals surface area contributed by atoms with Crippen molar-refractivity contribution in [3.05, 3.63) is 34.1 Å². The van der Waals surface area contributed by atoms with Crippen molar-refractivity contribution in [1.29, 1.82) is 0 Å². The van der Waals surface area contributed by atoms with Crippen LogP contribution < -0.4 is 11.2 Å². The minimum absolute atomic E-state index is 0.216. The number of hydrazone groups is 1. The number of hydrogen-bond acceptors (Lipinski definition) is 2. The first-order chi connectivity index (χ1) is 7.00. The number of nitrogens with two attached hydrogens (primary N) is 1. The number of carbonyl (C=O) groups excluding carboxylic acids is 1. The number of rotatable bonds is 2. The molecule has 0 saturated heterocycles. The first-order valence-electron chi connectivity index (χ1n) is 4.05. The van der Waals surface area contributed by atoms with Crippen molar-refractivity contribution in [2.24, 2.45) is 10.8 Å². The van der Waals surface area contributed by atoms with Crippen LogP contribution in [-0.4, -0.2) is 12.2 Å². The predicted octanol–water partition coefficient (Wildman–Crippen LogP) is 1.79. The van der Waals surface area contributed by atoms with E-state index in [1.807, 2.05) is 5.43 Å². The molecule has 1 aromatic rings. The summed E-state index contributed by atoms with van der Waals surface area (Å²) in [5.41, 5.74) is 7.75. The number of primary amides is 1. The van der Waals surface area contributed by atoms with E-state index in [4.69, 9.17) is 17.3 Å². The Morgan fingerprint density at radius 2 is 2.33 bits per heavy atom. The van der Waals surface area contributed by atoms with Gasteiger partial charge in [0.15, 0.2) is 0 Å². The van der Waals surface area contributed by atoms with Crippen molar-refractivity contribution < 1.29 is 9.18 Å². The molecule has 0 aliphatic rings. The molecule has 2 amide bonds. The van der Waals surface area contributed by atoms with E-state index in [1.54, 1.807) is 6.92 Å². The average molecular weight is 230 g/mol. The molecule has 15 heavy (non-hydrogen) atoms. The third-order valence-corrected chi connectivity index (χ3v) is 1.98. The Hall–Kier alpha value is -1.62. The van der Waals surface area contributed by atoms with Crippen LogP contribution in [-0.2, 0) is 0 Å². The Kier molecular flexibility index (Phi) is 3.62. The number of carbonyl (C=O) groups is 1. The summed E-state index contributed by atoms with van der Waals surface area (Å²) in [7, 11) is 0. The van der Waals surface area contributed by atoms with Gasteiger partial charge in [-0.15, -0.1) is 0 Å². The Balaban J connectivity index is 2.90. The topological polar surface area (TPSA) is 67.5 Å². The lowest BCUT2D eigenvalue weighted by atomic mass is 10.1. The Labute approximate surface area is 90.9 Å². The molecule has 1 aromatic carbocycles. The highest BCUT2D eigenvalue weighted by molar-refractivity contribution is 6.33. The number of halogens is 2. The molecule has 0 radical (unpaired) electrons. The molecule has 0 atom stereocenters. The van der Waals surface area contributed by atoms with Crippen LogP contribution in [0.1, 0.15) is 11.1 Å². The monoisotopic (exact) mass is 229 g/mol. The largest absolute Gasteiger partial charge is 0.350 e. The molecule has 0 bridgehead atoms. The van der Waals surface area contributed by atoms with Crippen molar-refractivity contribution in [2.45, 2.75) is 6.92 Å². The fraction of sp³-hybridized carbons (Fsp3) is 0.111. The van der Waals surface area contributed by atoms with Crippen LogP contribution in [0.5, 0.6) is 0 Å². The van der Waals surface area contributed by atoms with E-state index in [9.17, 15) is 9.18 Å². The standard InChI is InChI=1S/C9H9ClFN3O/c1-5-2-6(4-13-14-9(12)15)7(10)3-8(5)11/h2-4H,1H3,(H3,12,14,15). The molecule has 6 heteroatoms. The zero-order chi connectivity index (χ0) is 11.4. The quantitative estimate of drug-likeness (QED) is 0.589. The highest BCUT2D eigenvalue weighted by Crippen LogP contribution is 2.18. The third kappa shape index (κ3) is 3.21. The number of nitrogens with zero attached hydrogens (tertiary/aromatic N) is 1. The zero-order valence-electron chi connectivity index (χ0n) is 7.92. The van der Waals surface area contributed by atoms with Crippen molar-refractivity contribution in [1.82, 2.24) is 5.43 Å². The minimum atomic E-state index is -0.777. The van der Waals surface area contributed by atoms with Crippen molar-refractivity contribution >= 4 is 23.8 Å². The molecule has 0 heterocycles. The molecule has 0 aliphatic carbocycles. The van der Waals surface area contributed by atoms with Crippen LogP contribution in [0.25, 0.3) is 0 Å². The van der Waals surface area contributed by atoms with Crippen molar-refractivity contribution in [2.75, 3.05) is 0 Å². The molecule has 0 unspecified atom stereocenters. The number of amides is 2. The summed E-state index contributed by atoms with van der Waals surface area (Å²) in [6.07, 6.45) is 1.29. The summed E-state index contributed by atoms with van der Waals surface area (Å²) >= 11 is 5.74. The van der Waals surface area contributed by atoms with Crippen LogP contribution >= 0.6 is 11.6 Å². The molecular weight excluding hydrogens is 221 g/mol. The maximum atomic E-state index is 13.0.